The summed E-state index contributed by atoms with van der Waals surface area (Å²) in [6.45, 7) is -1.46. The Hall–Kier alpha value is -1.20. The molecule has 0 aliphatic heterocycles. The van der Waals surface area contributed by atoms with Gasteiger partial charge in [-0.05, 0) is 0 Å². The van der Waals surface area contributed by atoms with E-state index in [-0.39, 0.29) is 36.1 Å². The molecule has 116 valence electrons. The van der Waals surface area contributed by atoms with Crippen molar-refractivity contribution in [3.63, 3.8) is 0 Å². The number of aliphatic carboxylic acids is 4. The molecular formula is C10H17N2NaO8. The molecule has 0 aromatic carbocycles. The van der Waals surface area contributed by atoms with Crippen molar-refractivity contribution in [2.45, 2.75) is 18.4 Å². The van der Waals surface area contributed by atoms with Crippen molar-refractivity contribution in [3.8, 4) is 0 Å². The quantitative estimate of drug-likeness (QED) is 0.221. The van der Waals surface area contributed by atoms with E-state index < -0.39 is 55.3 Å². The van der Waals surface area contributed by atoms with Crippen LogP contribution in [0.2, 0.25) is 0 Å². The molecule has 10 nitrogen and oxygen atoms in total. The summed E-state index contributed by atoms with van der Waals surface area (Å²) >= 11 is 0. The number of nitrogens with one attached hydrogen (secondary N) is 2. The molecule has 0 saturated carbocycles. The SMILES string of the molecule is O=C(O)CNCC(CC(=O)O)(CC(=O)O)NCC(=O)O.[NaH]. The van der Waals surface area contributed by atoms with Crippen LogP contribution in [0.15, 0.2) is 0 Å². The molecule has 0 heterocycles. The molecule has 0 saturated heterocycles. The predicted molar refractivity (Wildman–Crippen MR) is 70.5 cm³/mol. The van der Waals surface area contributed by atoms with E-state index in [1.807, 2.05) is 0 Å². The van der Waals surface area contributed by atoms with Gasteiger partial charge in [0, 0.05) is 6.54 Å². The maximum absolute atomic E-state index is 10.8. The molecule has 0 atom stereocenters. The van der Waals surface area contributed by atoms with Gasteiger partial charge in [-0.1, -0.05) is 0 Å². The third kappa shape index (κ3) is 11.2. The average Bonchev–Trinajstić information content (AvgIpc) is 2.24. The zero-order valence-corrected chi connectivity index (χ0v) is 10.5. The topological polar surface area (TPSA) is 173 Å². The Bertz CT molecular complexity index is 385. The summed E-state index contributed by atoms with van der Waals surface area (Å²) in [5, 5.41) is 39.4. The Morgan fingerprint density at radius 3 is 1.52 bits per heavy atom. The zero-order chi connectivity index (χ0) is 15.8. The van der Waals surface area contributed by atoms with Crippen molar-refractivity contribution in [3.05, 3.63) is 0 Å². The van der Waals surface area contributed by atoms with Gasteiger partial charge < -0.3 is 25.7 Å². The molecule has 0 fully saturated rings. The summed E-state index contributed by atoms with van der Waals surface area (Å²) in [7, 11) is 0. The number of hydrogen-bond donors (Lipinski definition) is 6. The number of carboxylic acids is 4. The van der Waals surface area contributed by atoms with Gasteiger partial charge in [-0.3, -0.25) is 24.5 Å². The Kier molecular flexibility index (Phi) is 11.1. The molecule has 0 aromatic heterocycles. The normalized spacial score (nSPS) is 10.5. The van der Waals surface area contributed by atoms with Gasteiger partial charge in [-0.25, -0.2) is 0 Å². The molecule has 0 rings (SSSR count). The maximum atomic E-state index is 10.8. The second-order valence-electron chi connectivity index (χ2n) is 4.17. The fourth-order valence-electron chi connectivity index (χ4n) is 1.63. The summed E-state index contributed by atoms with van der Waals surface area (Å²) < 4.78 is 0. The van der Waals surface area contributed by atoms with Gasteiger partial charge >= 0.3 is 53.4 Å². The molecule has 0 radical (unpaired) electrons. The predicted octanol–water partition coefficient (Wildman–Crippen LogP) is -2.63. The van der Waals surface area contributed by atoms with Crippen molar-refractivity contribution in [2.24, 2.45) is 0 Å². The van der Waals surface area contributed by atoms with Crippen molar-refractivity contribution < 1.29 is 39.6 Å². The van der Waals surface area contributed by atoms with E-state index in [2.05, 4.69) is 10.6 Å². The van der Waals surface area contributed by atoms with Crippen LogP contribution in [0.4, 0.5) is 0 Å². The van der Waals surface area contributed by atoms with Gasteiger partial charge in [-0.2, -0.15) is 0 Å². The summed E-state index contributed by atoms with van der Waals surface area (Å²) in [6, 6.07) is 0. The van der Waals surface area contributed by atoms with Crippen molar-refractivity contribution in [1.82, 2.24) is 10.6 Å². The van der Waals surface area contributed by atoms with Crippen LogP contribution in [0, 0.1) is 0 Å². The standard InChI is InChI=1S/C10H16N2O8.Na.H/c13-6(14)1-10(2-7(15)16,12-4-9(19)20)5-11-3-8(17)18;;/h11-12H,1-5H2,(H,13,14)(H,15,16)(H,17,18)(H,19,20);;. The number of rotatable bonds is 11. The first-order chi connectivity index (χ1) is 9.17. The summed E-state index contributed by atoms with van der Waals surface area (Å²) in [5.74, 6) is -5.16. The molecule has 21 heavy (non-hydrogen) atoms. The van der Waals surface area contributed by atoms with E-state index in [0.29, 0.717) is 0 Å². The van der Waals surface area contributed by atoms with E-state index in [1.54, 1.807) is 0 Å². The summed E-state index contributed by atoms with van der Waals surface area (Å²) in [6.07, 6.45) is -1.33. The zero-order valence-electron chi connectivity index (χ0n) is 10.5. The van der Waals surface area contributed by atoms with E-state index in [1.165, 1.54) is 0 Å². The molecule has 0 aromatic rings. The van der Waals surface area contributed by atoms with Gasteiger partial charge in [-0.15, -0.1) is 0 Å². The van der Waals surface area contributed by atoms with Gasteiger partial charge in [0.2, 0.25) is 0 Å². The Morgan fingerprint density at radius 1 is 0.762 bits per heavy atom. The third-order valence-electron chi connectivity index (χ3n) is 2.33. The van der Waals surface area contributed by atoms with Crippen LogP contribution in [0.25, 0.3) is 0 Å². The number of carboxylic acid groups (broad SMARTS) is 4. The molecule has 0 aliphatic carbocycles. The van der Waals surface area contributed by atoms with E-state index in [9.17, 15) is 19.2 Å². The molecule has 0 bridgehead atoms. The fraction of sp³-hybridized carbons (Fsp3) is 0.600. The third-order valence-corrected chi connectivity index (χ3v) is 2.33. The van der Waals surface area contributed by atoms with Crippen LogP contribution in [0.5, 0.6) is 0 Å². The number of carbonyl (C=O) groups is 4. The first-order valence-electron chi connectivity index (χ1n) is 5.50. The Morgan fingerprint density at radius 2 is 1.19 bits per heavy atom. The molecule has 0 amide bonds. The monoisotopic (exact) mass is 316 g/mol. The van der Waals surface area contributed by atoms with Gasteiger partial charge in [0.1, 0.15) is 0 Å². The Labute approximate surface area is 141 Å². The van der Waals surface area contributed by atoms with Crippen LogP contribution in [-0.4, -0.2) is 99.0 Å². The van der Waals surface area contributed by atoms with Crippen LogP contribution in [0.3, 0.4) is 0 Å². The molecule has 0 aliphatic rings. The number of hydrogen-bond acceptors (Lipinski definition) is 6. The van der Waals surface area contributed by atoms with Crippen molar-refractivity contribution >= 4 is 53.4 Å². The van der Waals surface area contributed by atoms with E-state index in [0.717, 1.165) is 0 Å². The van der Waals surface area contributed by atoms with Crippen LogP contribution < -0.4 is 10.6 Å². The van der Waals surface area contributed by atoms with Crippen LogP contribution in [0.1, 0.15) is 12.8 Å². The second-order valence-corrected chi connectivity index (χ2v) is 4.17. The summed E-state index contributed by atoms with van der Waals surface area (Å²) in [5.41, 5.74) is -1.59. The molecule has 11 heteroatoms. The van der Waals surface area contributed by atoms with E-state index >= 15 is 0 Å². The van der Waals surface area contributed by atoms with Gasteiger partial charge in [0.15, 0.2) is 0 Å². The second kappa shape index (κ2) is 10.5. The first-order valence-corrected chi connectivity index (χ1v) is 5.50. The summed E-state index contributed by atoms with van der Waals surface area (Å²) in [4.78, 5) is 42.5. The molecule has 0 unspecified atom stereocenters. The first kappa shape index (κ1) is 22.1. The van der Waals surface area contributed by atoms with Gasteiger partial charge in [0.05, 0.1) is 31.5 Å². The van der Waals surface area contributed by atoms with Crippen LogP contribution in [-0.2, 0) is 19.2 Å². The van der Waals surface area contributed by atoms with Crippen molar-refractivity contribution in [1.29, 1.82) is 0 Å². The fourth-order valence-corrected chi connectivity index (χ4v) is 1.63. The minimum absolute atomic E-state index is 0. The molecular weight excluding hydrogens is 299 g/mol. The molecule has 6 N–H and O–H groups in total. The Balaban J connectivity index is 0. The molecule has 0 spiro atoms. The van der Waals surface area contributed by atoms with Crippen molar-refractivity contribution in [2.75, 3.05) is 19.6 Å². The average molecular weight is 316 g/mol. The minimum atomic E-state index is -1.59. The van der Waals surface area contributed by atoms with Gasteiger partial charge in [0.25, 0.3) is 0 Å². The van der Waals surface area contributed by atoms with E-state index in [4.69, 9.17) is 20.4 Å². The van der Waals surface area contributed by atoms with Crippen LogP contribution >= 0.6 is 0 Å².